The number of aromatic amines is 1. The summed E-state index contributed by atoms with van der Waals surface area (Å²) in [5.41, 5.74) is 5.43. The predicted octanol–water partition coefficient (Wildman–Crippen LogP) is 3.32. The summed E-state index contributed by atoms with van der Waals surface area (Å²) in [5, 5.41) is 18.2. The highest BCUT2D eigenvalue weighted by Crippen LogP contribution is 2.57. The van der Waals surface area contributed by atoms with E-state index in [9.17, 15) is 4.79 Å². The molecule has 0 radical (unpaired) electrons. The van der Waals surface area contributed by atoms with Gasteiger partial charge in [0.1, 0.15) is 12.2 Å². The minimum atomic E-state index is -0.338. The molecule has 1 aliphatic heterocycles. The number of carbonyl (C=O) groups excluding carboxylic acids is 1. The predicted molar refractivity (Wildman–Crippen MR) is 133 cm³/mol. The molecule has 5 heterocycles. The van der Waals surface area contributed by atoms with Gasteiger partial charge in [0.25, 0.3) is 0 Å². The van der Waals surface area contributed by atoms with Gasteiger partial charge in [-0.25, -0.2) is 14.8 Å². The maximum Gasteiger partial charge on any atom is 0.407 e. The number of aromatic nitrogens is 7. The van der Waals surface area contributed by atoms with Crippen molar-refractivity contribution in [2.75, 3.05) is 11.9 Å². The molecule has 4 aromatic heterocycles. The fourth-order valence-corrected chi connectivity index (χ4v) is 5.97. The van der Waals surface area contributed by atoms with Gasteiger partial charge in [0.15, 0.2) is 11.5 Å². The Labute approximate surface area is 212 Å². The van der Waals surface area contributed by atoms with E-state index in [1.165, 1.54) is 0 Å². The number of anilines is 2. The van der Waals surface area contributed by atoms with Gasteiger partial charge in [0.2, 0.25) is 5.95 Å². The first kappa shape index (κ1) is 22.3. The van der Waals surface area contributed by atoms with Crippen LogP contribution in [0.4, 0.5) is 16.6 Å². The van der Waals surface area contributed by atoms with Crippen LogP contribution >= 0.6 is 0 Å². The van der Waals surface area contributed by atoms with Crippen molar-refractivity contribution in [3.05, 3.63) is 41.6 Å². The van der Waals surface area contributed by atoms with Gasteiger partial charge in [-0.2, -0.15) is 10.2 Å². The Morgan fingerprint density at radius 2 is 2.14 bits per heavy atom. The monoisotopic (exact) mass is 503 g/mol. The maximum atomic E-state index is 12.3. The molecule has 4 aliphatic rings. The van der Waals surface area contributed by atoms with Gasteiger partial charge in [-0.3, -0.25) is 14.2 Å². The molecule has 3 N–H and O–H groups in total. The molecular formula is C25H29N9O3. The standard InChI is InChI=1S/C25H29N9O3/c1-13-11-27-33(3)21(13)20-14(2)28-23(34-5-4-26-22(20)34)29-19-7-17(31-32-19)18-6-16(12-36-18)37-24(35)30-25-8-15(9-25)10-25/h4-5,7,11,15-16,18H,6,8-10,12H2,1-3H3,(H,30,35)(H2,28,29,31,32). The smallest absolute Gasteiger partial charge is 0.407 e. The fourth-order valence-electron chi connectivity index (χ4n) is 5.97. The van der Waals surface area contributed by atoms with Gasteiger partial charge >= 0.3 is 6.09 Å². The van der Waals surface area contributed by atoms with Crippen molar-refractivity contribution in [1.82, 2.24) is 39.7 Å². The summed E-state index contributed by atoms with van der Waals surface area (Å²) in [6, 6.07) is 1.90. The molecular weight excluding hydrogens is 474 g/mol. The molecule has 3 aliphatic carbocycles. The average Bonchev–Trinajstić information content (AvgIpc) is 3.60. The van der Waals surface area contributed by atoms with E-state index < -0.39 is 0 Å². The van der Waals surface area contributed by atoms with Crippen LogP contribution in [0.5, 0.6) is 0 Å². The number of nitrogens with zero attached hydrogens (tertiary/aromatic N) is 6. The second-order valence-corrected chi connectivity index (χ2v) is 10.6. The van der Waals surface area contributed by atoms with Crippen LogP contribution in [0, 0.1) is 19.8 Å². The normalized spacial score (nSPS) is 26.1. The number of alkyl carbamates (subject to hydrolysis) is 1. The lowest BCUT2D eigenvalue weighted by molar-refractivity contribution is -0.0510. The largest absolute Gasteiger partial charge is 0.444 e. The second-order valence-electron chi connectivity index (χ2n) is 10.6. The fraction of sp³-hybridized carbons (Fsp3) is 0.480. The molecule has 1 saturated heterocycles. The van der Waals surface area contributed by atoms with Crippen molar-refractivity contribution in [3.8, 4) is 11.3 Å². The van der Waals surface area contributed by atoms with Crippen LogP contribution in [-0.2, 0) is 16.5 Å². The van der Waals surface area contributed by atoms with Crippen LogP contribution in [-0.4, -0.2) is 58.7 Å². The summed E-state index contributed by atoms with van der Waals surface area (Å²) in [6.45, 7) is 4.36. The Hall–Kier alpha value is -3.93. The number of hydrogen-bond acceptors (Lipinski definition) is 8. The van der Waals surface area contributed by atoms with Crippen LogP contribution in [0.2, 0.25) is 0 Å². The second kappa shape index (κ2) is 8.04. The summed E-state index contributed by atoms with van der Waals surface area (Å²) >= 11 is 0. The molecule has 192 valence electrons. The van der Waals surface area contributed by atoms with Crippen molar-refractivity contribution >= 4 is 23.5 Å². The summed E-state index contributed by atoms with van der Waals surface area (Å²) in [7, 11) is 1.92. The summed E-state index contributed by atoms with van der Waals surface area (Å²) < 4.78 is 15.3. The van der Waals surface area contributed by atoms with Gasteiger partial charge in [-0.15, -0.1) is 0 Å². The molecule has 1 amide bonds. The average molecular weight is 504 g/mol. The van der Waals surface area contributed by atoms with E-state index in [0.29, 0.717) is 24.8 Å². The lowest BCUT2D eigenvalue weighted by atomic mass is 9.50. The number of amides is 1. The third-order valence-corrected chi connectivity index (χ3v) is 7.91. The molecule has 12 nitrogen and oxygen atoms in total. The first-order valence-corrected chi connectivity index (χ1v) is 12.6. The maximum absolute atomic E-state index is 12.3. The van der Waals surface area contributed by atoms with Crippen LogP contribution in [0.15, 0.2) is 24.7 Å². The minimum absolute atomic E-state index is 0.00633. The van der Waals surface area contributed by atoms with E-state index in [1.54, 1.807) is 6.20 Å². The lowest BCUT2D eigenvalue weighted by Gasteiger charge is -2.61. The van der Waals surface area contributed by atoms with Gasteiger partial charge in [0, 0.05) is 37.5 Å². The Kier molecular flexibility index (Phi) is 4.84. The summed E-state index contributed by atoms with van der Waals surface area (Å²) in [4.78, 5) is 21.7. The van der Waals surface area contributed by atoms with E-state index >= 15 is 0 Å². The molecule has 37 heavy (non-hydrogen) atoms. The Morgan fingerprint density at radius 1 is 1.30 bits per heavy atom. The van der Waals surface area contributed by atoms with E-state index in [2.05, 4.69) is 30.9 Å². The van der Waals surface area contributed by atoms with Crippen LogP contribution < -0.4 is 10.6 Å². The van der Waals surface area contributed by atoms with Crippen molar-refractivity contribution in [2.45, 2.75) is 57.3 Å². The minimum Gasteiger partial charge on any atom is -0.444 e. The van der Waals surface area contributed by atoms with Gasteiger partial charge in [-0.05, 0) is 44.6 Å². The van der Waals surface area contributed by atoms with Gasteiger partial charge < -0.3 is 20.1 Å². The highest BCUT2D eigenvalue weighted by atomic mass is 16.6. The van der Waals surface area contributed by atoms with Crippen molar-refractivity contribution in [3.63, 3.8) is 0 Å². The Bertz CT molecular complexity index is 1480. The highest BCUT2D eigenvalue weighted by Gasteiger charge is 2.57. The molecule has 8 rings (SSSR count). The van der Waals surface area contributed by atoms with E-state index in [0.717, 1.165) is 59.0 Å². The molecule has 3 saturated carbocycles. The number of hydrogen-bond donors (Lipinski definition) is 3. The van der Waals surface area contributed by atoms with E-state index in [4.69, 9.17) is 14.5 Å². The number of aryl methyl sites for hydroxylation is 3. The molecule has 2 atom stereocenters. The summed E-state index contributed by atoms with van der Waals surface area (Å²) in [6.07, 6.45) is 8.45. The number of H-pyrrole nitrogens is 1. The molecule has 12 heteroatoms. The van der Waals surface area contributed by atoms with Gasteiger partial charge in [0.05, 0.1) is 35.4 Å². The Balaban J connectivity index is 1.05. The topological polar surface area (TPSA) is 136 Å². The van der Waals surface area contributed by atoms with Crippen LogP contribution in [0.1, 0.15) is 48.7 Å². The quantitative estimate of drug-likeness (QED) is 0.365. The van der Waals surface area contributed by atoms with Crippen molar-refractivity contribution < 1.29 is 14.3 Å². The molecule has 2 unspecified atom stereocenters. The zero-order valence-electron chi connectivity index (χ0n) is 21.0. The summed E-state index contributed by atoms with van der Waals surface area (Å²) in [5.74, 6) is 2.01. The Morgan fingerprint density at radius 3 is 2.86 bits per heavy atom. The molecule has 4 aromatic rings. The third-order valence-electron chi connectivity index (χ3n) is 7.91. The van der Waals surface area contributed by atoms with E-state index in [1.807, 2.05) is 48.4 Å². The molecule has 2 bridgehead atoms. The lowest BCUT2D eigenvalue weighted by Crippen LogP contribution is -2.68. The SMILES string of the molecule is Cc1cnn(C)c1-c1c(C)nc(Nc2cc(C3CC(OC(=O)NC45CC(C4)C5)CO3)[nH]n2)n2ccnc12. The van der Waals surface area contributed by atoms with Crippen LogP contribution in [0.3, 0.4) is 0 Å². The first-order chi connectivity index (χ1) is 17.9. The zero-order valence-corrected chi connectivity index (χ0v) is 21.0. The number of fused-ring (bicyclic) bond motifs is 1. The zero-order chi connectivity index (χ0) is 25.3. The van der Waals surface area contributed by atoms with Crippen LogP contribution in [0.25, 0.3) is 16.9 Å². The number of carbonyl (C=O) groups is 1. The number of ether oxygens (including phenoxy) is 2. The number of rotatable bonds is 6. The molecule has 4 fully saturated rings. The number of nitrogens with one attached hydrogen (secondary N) is 3. The molecule has 0 aromatic carbocycles. The first-order valence-electron chi connectivity index (χ1n) is 12.6. The van der Waals surface area contributed by atoms with E-state index in [-0.39, 0.29) is 23.8 Å². The highest BCUT2D eigenvalue weighted by molar-refractivity contribution is 5.80. The van der Waals surface area contributed by atoms with Crippen molar-refractivity contribution in [2.24, 2.45) is 13.0 Å². The van der Waals surface area contributed by atoms with Gasteiger partial charge in [-0.1, -0.05) is 0 Å². The third kappa shape index (κ3) is 3.66. The van der Waals surface area contributed by atoms with Crippen molar-refractivity contribution in [1.29, 1.82) is 0 Å². The number of imidazole rings is 1. The molecule has 0 spiro atoms.